The van der Waals surface area contributed by atoms with Crippen LogP contribution in [0.1, 0.15) is 58.1 Å². The first-order chi connectivity index (χ1) is 12.4. The molecule has 1 aromatic rings. The predicted molar refractivity (Wildman–Crippen MR) is 108 cm³/mol. The Balaban J connectivity index is 2.09. The number of nitrogens with zero attached hydrogens (tertiary/aromatic N) is 2. The molecule has 2 aliphatic rings. The van der Waals surface area contributed by atoms with Crippen molar-refractivity contribution in [2.24, 2.45) is 0 Å². The first-order valence-corrected chi connectivity index (χ1v) is 9.53. The molecule has 0 saturated carbocycles. The predicted octanol–water partition coefficient (Wildman–Crippen LogP) is 5.09. The van der Waals surface area contributed by atoms with E-state index in [1.165, 1.54) is 11.1 Å². The fourth-order valence-electron chi connectivity index (χ4n) is 3.77. The quantitative estimate of drug-likeness (QED) is 0.757. The Hall–Kier alpha value is -2.47. The zero-order valence-electron chi connectivity index (χ0n) is 16.4. The van der Waals surface area contributed by atoms with Crippen molar-refractivity contribution in [2.45, 2.75) is 58.5 Å². The maximum Gasteiger partial charge on any atom is 0.121 e. The number of nitriles is 1. The van der Waals surface area contributed by atoms with Crippen LogP contribution in [0.15, 0.2) is 53.8 Å². The third kappa shape index (κ3) is 3.29. The summed E-state index contributed by atoms with van der Waals surface area (Å²) < 4.78 is 0. The molecule has 1 saturated heterocycles. The summed E-state index contributed by atoms with van der Waals surface area (Å²) in [5.74, 6) is 0. The number of hydrogen-bond donors (Lipinski definition) is 1. The second-order valence-electron chi connectivity index (χ2n) is 8.19. The Morgan fingerprint density at radius 1 is 1.31 bits per heavy atom. The summed E-state index contributed by atoms with van der Waals surface area (Å²) in [6.07, 6.45) is 5.29. The summed E-state index contributed by atoms with van der Waals surface area (Å²) in [6, 6.07) is 11.1. The van der Waals surface area contributed by atoms with Crippen LogP contribution in [0.25, 0.3) is 5.70 Å². The fourth-order valence-corrected chi connectivity index (χ4v) is 3.77. The molecule has 0 radical (unpaired) electrons. The number of fused-ring (bicyclic) bond motifs is 1. The van der Waals surface area contributed by atoms with Crippen LogP contribution in [0.2, 0.25) is 0 Å². The van der Waals surface area contributed by atoms with Gasteiger partial charge in [-0.1, -0.05) is 64.6 Å². The summed E-state index contributed by atoms with van der Waals surface area (Å²) in [5.41, 5.74) is 6.39. The van der Waals surface area contributed by atoms with E-state index >= 15 is 0 Å². The largest absolute Gasteiger partial charge is 0.360 e. The summed E-state index contributed by atoms with van der Waals surface area (Å²) >= 11 is 0. The first-order valence-electron chi connectivity index (χ1n) is 9.53. The Kier molecular flexibility index (Phi) is 4.96. The molecule has 1 atom stereocenters. The molecule has 0 amide bonds. The van der Waals surface area contributed by atoms with Gasteiger partial charge in [-0.3, -0.25) is 0 Å². The van der Waals surface area contributed by atoms with Gasteiger partial charge in [-0.15, -0.1) is 0 Å². The van der Waals surface area contributed by atoms with Gasteiger partial charge >= 0.3 is 0 Å². The molecule has 0 aliphatic carbocycles. The van der Waals surface area contributed by atoms with E-state index < -0.39 is 0 Å². The lowest BCUT2D eigenvalue weighted by atomic mass is 9.86. The highest BCUT2D eigenvalue weighted by molar-refractivity contribution is 5.77. The van der Waals surface area contributed by atoms with Crippen molar-refractivity contribution >= 4 is 5.70 Å². The van der Waals surface area contributed by atoms with Gasteiger partial charge in [-0.25, -0.2) is 0 Å². The van der Waals surface area contributed by atoms with E-state index in [2.05, 4.69) is 80.9 Å². The molecule has 3 rings (SSSR count). The lowest BCUT2D eigenvalue weighted by molar-refractivity contribution is 0.225. The third-order valence-corrected chi connectivity index (χ3v) is 5.24. The van der Waals surface area contributed by atoms with E-state index in [1.54, 1.807) is 0 Å². The van der Waals surface area contributed by atoms with Gasteiger partial charge in [0.05, 0.1) is 17.0 Å². The van der Waals surface area contributed by atoms with Crippen LogP contribution >= 0.6 is 0 Å². The highest BCUT2D eigenvalue weighted by Crippen LogP contribution is 2.36. The van der Waals surface area contributed by atoms with Gasteiger partial charge in [0.1, 0.15) is 12.2 Å². The van der Waals surface area contributed by atoms with Crippen molar-refractivity contribution in [1.82, 2.24) is 10.2 Å². The second kappa shape index (κ2) is 7.03. The van der Waals surface area contributed by atoms with Crippen LogP contribution in [-0.4, -0.2) is 17.6 Å². The van der Waals surface area contributed by atoms with Crippen molar-refractivity contribution in [2.75, 3.05) is 6.54 Å². The van der Waals surface area contributed by atoms with E-state index in [0.29, 0.717) is 0 Å². The Morgan fingerprint density at radius 3 is 2.58 bits per heavy atom. The molecule has 0 aromatic heterocycles. The maximum atomic E-state index is 9.92. The van der Waals surface area contributed by atoms with Gasteiger partial charge in [0.15, 0.2) is 0 Å². The Bertz CT molecular complexity index is 797. The van der Waals surface area contributed by atoms with Crippen molar-refractivity contribution < 1.29 is 0 Å². The standard InChI is InChI=1S/C23H29N3/c1-6-8-20-19(15-24)21(25-22-16(2)9-7-14-26(20)22)17-10-12-18(13-11-17)23(3,4)5/h8,10-13,22,25H,2,6-7,9,14H2,1,3-5H3. The van der Waals surface area contributed by atoms with Gasteiger partial charge in [0, 0.05) is 6.54 Å². The van der Waals surface area contributed by atoms with Crippen molar-refractivity contribution in [3.05, 3.63) is 64.9 Å². The van der Waals surface area contributed by atoms with Crippen LogP contribution in [0.3, 0.4) is 0 Å². The van der Waals surface area contributed by atoms with Crippen molar-refractivity contribution in [3.8, 4) is 6.07 Å². The third-order valence-electron chi connectivity index (χ3n) is 5.24. The van der Waals surface area contributed by atoms with Gasteiger partial charge in [0.2, 0.25) is 0 Å². The number of benzene rings is 1. The summed E-state index contributed by atoms with van der Waals surface area (Å²) in [7, 11) is 0. The number of nitrogens with one attached hydrogen (secondary N) is 1. The molecule has 0 bridgehead atoms. The van der Waals surface area contributed by atoms with Gasteiger partial charge in [-0.05, 0) is 41.4 Å². The van der Waals surface area contributed by atoms with E-state index in [0.717, 1.165) is 48.3 Å². The first kappa shape index (κ1) is 18.3. The average Bonchev–Trinajstić information content (AvgIpc) is 2.61. The molecule has 1 unspecified atom stereocenters. The van der Waals surface area contributed by atoms with Gasteiger partial charge in [-0.2, -0.15) is 5.26 Å². The van der Waals surface area contributed by atoms with Crippen LogP contribution in [0.4, 0.5) is 0 Å². The van der Waals surface area contributed by atoms with Gasteiger partial charge in [0.25, 0.3) is 0 Å². The molecule has 1 aromatic carbocycles. The topological polar surface area (TPSA) is 39.1 Å². The minimum Gasteiger partial charge on any atom is -0.360 e. The molecule has 3 nitrogen and oxygen atoms in total. The number of rotatable bonds is 2. The number of hydrogen-bond acceptors (Lipinski definition) is 3. The number of allylic oxidation sites excluding steroid dienone is 2. The van der Waals surface area contributed by atoms with E-state index in [1.807, 2.05) is 0 Å². The zero-order valence-corrected chi connectivity index (χ0v) is 16.4. The molecule has 2 heterocycles. The lowest BCUT2D eigenvalue weighted by Crippen LogP contribution is -2.52. The SMILES string of the molecule is C=C1CCCN2C(=CCC)C(C#N)=C(c3ccc(C(C)(C)C)cc3)NC12. The normalized spacial score (nSPS) is 22.1. The smallest absolute Gasteiger partial charge is 0.121 e. The van der Waals surface area contributed by atoms with E-state index in [-0.39, 0.29) is 11.6 Å². The van der Waals surface area contributed by atoms with Crippen LogP contribution < -0.4 is 5.32 Å². The summed E-state index contributed by atoms with van der Waals surface area (Å²) in [4.78, 5) is 2.31. The lowest BCUT2D eigenvalue weighted by Gasteiger charge is -2.45. The van der Waals surface area contributed by atoms with Crippen LogP contribution in [0.5, 0.6) is 0 Å². The molecule has 1 fully saturated rings. The second-order valence-corrected chi connectivity index (χ2v) is 8.19. The fraction of sp³-hybridized carbons (Fsp3) is 0.435. The monoisotopic (exact) mass is 347 g/mol. The van der Waals surface area contributed by atoms with Crippen LogP contribution in [-0.2, 0) is 5.41 Å². The van der Waals surface area contributed by atoms with Gasteiger partial charge < -0.3 is 10.2 Å². The maximum absolute atomic E-state index is 9.92. The molecule has 2 aliphatic heterocycles. The van der Waals surface area contributed by atoms with Crippen LogP contribution in [0, 0.1) is 11.3 Å². The molecule has 136 valence electrons. The highest BCUT2D eigenvalue weighted by atomic mass is 15.3. The summed E-state index contributed by atoms with van der Waals surface area (Å²) in [6.45, 7) is 14.0. The van der Waals surface area contributed by atoms with Crippen molar-refractivity contribution in [3.63, 3.8) is 0 Å². The Labute approximate surface area is 157 Å². The Morgan fingerprint density at radius 2 is 2.00 bits per heavy atom. The molecule has 26 heavy (non-hydrogen) atoms. The highest BCUT2D eigenvalue weighted by Gasteiger charge is 2.34. The molecule has 1 N–H and O–H groups in total. The minimum absolute atomic E-state index is 0.0796. The molecular formula is C23H29N3. The molecular weight excluding hydrogens is 318 g/mol. The molecule has 3 heteroatoms. The van der Waals surface area contributed by atoms with E-state index in [4.69, 9.17) is 0 Å². The average molecular weight is 348 g/mol. The number of piperidine rings is 1. The van der Waals surface area contributed by atoms with E-state index in [9.17, 15) is 5.26 Å². The molecule has 0 spiro atoms. The van der Waals surface area contributed by atoms with Crippen molar-refractivity contribution in [1.29, 1.82) is 5.26 Å². The zero-order chi connectivity index (χ0) is 18.9. The summed E-state index contributed by atoms with van der Waals surface area (Å²) in [5, 5.41) is 13.5. The minimum atomic E-state index is 0.0796.